The summed E-state index contributed by atoms with van der Waals surface area (Å²) in [4.78, 5) is 5.94. The molecule has 4 rings (SSSR count). The Morgan fingerprint density at radius 3 is 2.61 bits per heavy atom. The largest absolute Gasteiger partial charge is 0.472 e. The number of aryl methyl sites for hydroxylation is 1. The summed E-state index contributed by atoms with van der Waals surface area (Å²) in [6.45, 7) is 3.26. The first kappa shape index (κ1) is 21.2. The number of anilines is 1. The molecule has 1 unspecified atom stereocenters. The molecule has 3 aromatic rings. The summed E-state index contributed by atoms with van der Waals surface area (Å²) in [5.41, 5.74) is 4.34. The van der Waals surface area contributed by atoms with Crippen molar-refractivity contribution in [3.63, 3.8) is 0 Å². The Balaban J connectivity index is 1.51. The maximum absolute atomic E-state index is 12.7. The Hall–Kier alpha value is -3.06. The van der Waals surface area contributed by atoms with E-state index >= 15 is 0 Å². The molecule has 162 valence electrons. The van der Waals surface area contributed by atoms with Crippen molar-refractivity contribution >= 4 is 5.69 Å². The van der Waals surface area contributed by atoms with E-state index in [1.54, 1.807) is 0 Å². The Labute approximate surface area is 178 Å². The van der Waals surface area contributed by atoms with E-state index in [-0.39, 0.29) is 18.6 Å². The lowest BCUT2D eigenvalue weighted by Gasteiger charge is -2.23. The third-order valence-electron chi connectivity index (χ3n) is 5.55. The van der Waals surface area contributed by atoms with Crippen LogP contribution in [0.2, 0.25) is 0 Å². The van der Waals surface area contributed by atoms with Gasteiger partial charge in [-0.1, -0.05) is 36.4 Å². The monoisotopic (exact) mass is 428 g/mol. The molecular formula is C24H23F3N2O2. The van der Waals surface area contributed by atoms with Crippen molar-refractivity contribution in [2.24, 2.45) is 0 Å². The van der Waals surface area contributed by atoms with Crippen LogP contribution < -0.4 is 9.64 Å². The van der Waals surface area contributed by atoms with Gasteiger partial charge in [0.25, 0.3) is 0 Å². The number of benzene rings is 2. The number of halogens is 3. The zero-order valence-electron chi connectivity index (χ0n) is 17.1. The highest BCUT2D eigenvalue weighted by Gasteiger charge is 2.31. The molecule has 0 aliphatic carbocycles. The fourth-order valence-electron chi connectivity index (χ4n) is 3.89. The second kappa shape index (κ2) is 8.59. The molecule has 1 N–H and O–H groups in total. The van der Waals surface area contributed by atoms with Crippen LogP contribution in [0.25, 0.3) is 11.1 Å². The normalized spacial score (nSPS) is 16.5. The minimum Gasteiger partial charge on any atom is -0.472 e. The van der Waals surface area contributed by atoms with Crippen LogP contribution in [0.5, 0.6) is 5.88 Å². The molecule has 0 saturated carbocycles. The third kappa shape index (κ3) is 4.66. The fourth-order valence-corrected chi connectivity index (χ4v) is 3.89. The number of aliphatic hydroxyl groups is 1. The first-order valence-electron chi connectivity index (χ1n) is 10.1. The molecular weight excluding hydrogens is 405 g/mol. The molecule has 4 nitrogen and oxygen atoms in total. The van der Waals surface area contributed by atoms with Crippen LogP contribution >= 0.6 is 0 Å². The van der Waals surface area contributed by atoms with Crippen LogP contribution in [0.15, 0.2) is 60.8 Å². The van der Waals surface area contributed by atoms with Gasteiger partial charge in [-0.25, -0.2) is 4.98 Å². The van der Waals surface area contributed by atoms with Crippen molar-refractivity contribution in [1.82, 2.24) is 4.98 Å². The van der Waals surface area contributed by atoms with Gasteiger partial charge in [0.1, 0.15) is 6.10 Å². The topological polar surface area (TPSA) is 45.6 Å². The van der Waals surface area contributed by atoms with E-state index in [4.69, 9.17) is 4.74 Å². The highest BCUT2D eigenvalue weighted by atomic mass is 19.4. The van der Waals surface area contributed by atoms with Gasteiger partial charge in [0.05, 0.1) is 18.7 Å². The maximum atomic E-state index is 12.7. The van der Waals surface area contributed by atoms with Crippen molar-refractivity contribution in [2.75, 3.05) is 18.0 Å². The van der Waals surface area contributed by atoms with E-state index in [1.165, 1.54) is 11.6 Å². The number of hydrogen-bond donors (Lipinski definition) is 1. The molecule has 1 aliphatic rings. The first-order valence-corrected chi connectivity index (χ1v) is 10.1. The minimum absolute atomic E-state index is 0.0775. The average molecular weight is 428 g/mol. The summed E-state index contributed by atoms with van der Waals surface area (Å²) in [6.07, 6.45) is -3.11. The predicted octanol–water partition coefficient (Wildman–Crippen LogP) is 5.23. The van der Waals surface area contributed by atoms with Crippen molar-refractivity contribution < 1.29 is 23.0 Å². The number of pyridine rings is 1. The Bertz CT molecular complexity index is 1050. The SMILES string of the molecule is Cc1ccccc1-c1ccc(CO)c(N2CCC(Oc3ccc(C(F)(F)F)cn3)C2)c1. The van der Waals surface area contributed by atoms with Gasteiger partial charge in [-0.2, -0.15) is 13.2 Å². The third-order valence-corrected chi connectivity index (χ3v) is 5.55. The maximum Gasteiger partial charge on any atom is 0.417 e. The van der Waals surface area contributed by atoms with Crippen LogP contribution in [0.4, 0.5) is 18.9 Å². The van der Waals surface area contributed by atoms with Gasteiger partial charge < -0.3 is 14.7 Å². The lowest BCUT2D eigenvalue weighted by molar-refractivity contribution is -0.137. The number of rotatable bonds is 5. The van der Waals surface area contributed by atoms with Gasteiger partial charge in [-0.05, 0) is 35.7 Å². The molecule has 0 spiro atoms. The molecule has 1 saturated heterocycles. The van der Waals surface area contributed by atoms with Crippen LogP contribution in [0.1, 0.15) is 23.1 Å². The molecule has 0 amide bonds. The number of aliphatic hydroxyl groups excluding tert-OH is 1. The zero-order chi connectivity index (χ0) is 22.0. The van der Waals surface area contributed by atoms with Crippen LogP contribution in [0, 0.1) is 6.92 Å². The van der Waals surface area contributed by atoms with E-state index in [1.807, 2.05) is 24.3 Å². The zero-order valence-corrected chi connectivity index (χ0v) is 17.1. The number of nitrogens with zero attached hydrogens (tertiary/aromatic N) is 2. The predicted molar refractivity (Wildman–Crippen MR) is 113 cm³/mol. The smallest absolute Gasteiger partial charge is 0.417 e. The van der Waals surface area contributed by atoms with Crippen molar-refractivity contribution in [1.29, 1.82) is 0 Å². The van der Waals surface area contributed by atoms with Gasteiger partial charge in [-0.15, -0.1) is 0 Å². The van der Waals surface area contributed by atoms with Gasteiger partial charge in [-0.3, -0.25) is 0 Å². The molecule has 0 bridgehead atoms. The highest BCUT2D eigenvalue weighted by Crippen LogP contribution is 2.33. The summed E-state index contributed by atoms with van der Waals surface area (Å²) in [7, 11) is 0. The Morgan fingerprint density at radius 2 is 1.94 bits per heavy atom. The van der Waals surface area contributed by atoms with Crippen molar-refractivity contribution in [3.05, 3.63) is 77.5 Å². The average Bonchev–Trinajstić information content (AvgIpc) is 3.22. The lowest BCUT2D eigenvalue weighted by Crippen LogP contribution is -2.25. The molecule has 1 aromatic heterocycles. The van der Waals surface area contributed by atoms with E-state index < -0.39 is 11.7 Å². The standard InChI is InChI=1S/C24H23F3N2O2/c1-16-4-2-3-5-21(16)17-6-7-18(15-30)22(12-17)29-11-10-20(14-29)31-23-9-8-19(13-28-23)24(25,26)27/h2-9,12-13,20,30H,10-11,14-15H2,1H3. The van der Waals surface area contributed by atoms with E-state index in [0.717, 1.165) is 41.2 Å². The van der Waals surface area contributed by atoms with E-state index in [2.05, 4.69) is 35.0 Å². The van der Waals surface area contributed by atoms with Gasteiger partial charge in [0, 0.05) is 36.5 Å². The van der Waals surface area contributed by atoms with Crippen molar-refractivity contribution in [2.45, 2.75) is 32.2 Å². The number of ether oxygens (including phenoxy) is 1. The molecule has 31 heavy (non-hydrogen) atoms. The van der Waals surface area contributed by atoms with Crippen LogP contribution in [-0.2, 0) is 12.8 Å². The molecule has 1 atom stereocenters. The highest BCUT2D eigenvalue weighted by molar-refractivity contribution is 5.73. The molecule has 0 radical (unpaired) electrons. The summed E-state index contributed by atoms with van der Waals surface area (Å²) >= 11 is 0. The van der Waals surface area contributed by atoms with Crippen LogP contribution in [0.3, 0.4) is 0 Å². The number of alkyl halides is 3. The Kier molecular flexibility index (Phi) is 5.87. The quantitative estimate of drug-likeness (QED) is 0.605. The molecule has 2 aromatic carbocycles. The van der Waals surface area contributed by atoms with E-state index in [0.29, 0.717) is 13.0 Å². The molecule has 2 heterocycles. The lowest BCUT2D eigenvalue weighted by atomic mass is 9.98. The summed E-state index contributed by atoms with van der Waals surface area (Å²) in [5, 5.41) is 9.83. The molecule has 1 fully saturated rings. The second-order valence-electron chi connectivity index (χ2n) is 7.67. The molecule has 1 aliphatic heterocycles. The Morgan fingerprint density at radius 1 is 1.13 bits per heavy atom. The van der Waals surface area contributed by atoms with Gasteiger partial charge in [0.2, 0.25) is 5.88 Å². The minimum atomic E-state index is -4.42. The fraction of sp³-hybridized carbons (Fsp3) is 0.292. The van der Waals surface area contributed by atoms with Gasteiger partial charge in [0.15, 0.2) is 0 Å². The van der Waals surface area contributed by atoms with Crippen LogP contribution in [-0.4, -0.2) is 29.3 Å². The summed E-state index contributed by atoms with van der Waals surface area (Å²) < 4.78 is 43.9. The second-order valence-corrected chi connectivity index (χ2v) is 7.67. The van der Waals surface area contributed by atoms with Gasteiger partial charge >= 0.3 is 6.18 Å². The van der Waals surface area contributed by atoms with E-state index in [9.17, 15) is 18.3 Å². The molecule has 7 heteroatoms. The summed E-state index contributed by atoms with van der Waals surface area (Å²) in [5.74, 6) is 0.177. The number of hydrogen-bond acceptors (Lipinski definition) is 4. The summed E-state index contributed by atoms with van der Waals surface area (Å²) in [6, 6.07) is 16.4. The first-order chi connectivity index (χ1) is 14.8. The number of aromatic nitrogens is 1. The van der Waals surface area contributed by atoms with Crippen molar-refractivity contribution in [3.8, 4) is 17.0 Å².